The van der Waals surface area contributed by atoms with Gasteiger partial charge in [-0.3, -0.25) is 4.79 Å². The Labute approximate surface area is 89.2 Å². The van der Waals surface area contributed by atoms with E-state index in [1.165, 1.54) is 16.7 Å². The van der Waals surface area contributed by atoms with Gasteiger partial charge in [0, 0.05) is 7.05 Å². The molecule has 2 bridgehead atoms. The highest BCUT2D eigenvalue weighted by molar-refractivity contribution is 5.91. The van der Waals surface area contributed by atoms with E-state index in [1.807, 2.05) is 24.1 Å². The Bertz CT molecular complexity index is 475. The zero-order chi connectivity index (χ0) is 10.6. The Kier molecular flexibility index (Phi) is 1.58. The summed E-state index contributed by atoms with van der Waals surface area (Å²) in [4.78, 5) is 13.9. The molecule has 2 heterocycles. The minimum absolute atomic E-state index is 0.0313. The maximum Gasteiger partial charge on any atom is 0.234 e. The lowest BCUT2D eigenvalue weighted by Gasteiger charge is -2.42. The van der Waals surface area contributed by atoms with Crippen molar-refractivity contribution in [1.29, 1.82) is 0 Å². The molecule has 2 nitrogen and oxygen atoms in total. The summed E-state index contributed by atoms with van der Waals surface area (Å²) in [5.41, 5.74) is 3.68. The smallest absolute Gasteiger partial charge is 0.234 e. The molecule has 76 valence electrons. The van der Waals surface area contributed by atoms with Crippen molar-refractivity contribution in [2.24, 2.45) is 0 Å². The molecule has 0 N–H and O–H groups in total. The van der Waals surface area contributed by atoms with Crippen molar-refractivity contribution in [2.75, 3.05) is 7.05 Å². The molecule has 1 amide bonds. The van der Waals surface area contributed by atoms with Gasteiger partial charge in [-0.2, -0.15) is 0 Å². The summed E-state index contributed by atoms with van der Waals surface area (Å²) in [6.45, 7) is 2.05. The number of hydrogen-bond donors (Lipinski definition) is 0. The van der Waals surface area contributed by atoms with E-state index in [0.717, 1.165) is 0 Å². The highest BCUT2D eigenvalue weighted by atomic mass is 16.2. The van der Waals surface area contributed by atoms with Crippen LogP contribution in [0.3, 0.4) is 0 Å². The molecule has 1 aliphatic carbocycles. The van der Waals surface area contributed by atoms with Crippen molar-refractivity contribution >= 4 is 5.91 Å². The van der Waals surface area contributed by atoms with Gasteiger partial charge in [-0.1, -0.05) is 35.9 Å². The van der Waals surface area contributed by atoms with E-state index in [2.05, 4.69) is 25.1 Å². The maximum atomic E-state index is 12.0. The molecule has 15 heavy (non-hydrogen) atoms. The van der Waals surface area contributed by atoms with Gasteiger partial charge in [-0.25, -0.2) is 0 Å². The van der Waals surface area contributed by atoms with Gasteiger partial charge in [0.15, 0.2) is 0 Å². The van der Waals surface area contributed by atoms with Crippen LogP contribution >= 0.6 is 0 Å². The molecule has 2 heteroatoms. The van der Waals surface area contributed by atoms with E-state index in [0.29, 0.717) is 0 Å². The largest absolute Gasteiger partial charge is 0.334 e. The van der Waals surface area contributed by atoms with Crippen LogP contribution in [0.5, 0.6) is 0 Å². The zero-order valence-electron chi connectivity index (χ0n) is 8.90. The molecule has 0 spiro atoms. The second-order valence-corrected chi connectivity index (χ2v) is 4.37. The molecule has 1 aromatic carbocycles. The topological polar surface area (TPSA) is 20.3 Å². The van der Waals surface area contributed by atoms with E-state index < -0.39 is 0 Å². The molecular formula is C13H13NO. The van der Waals surface area contributed by atoms with Gasteiger partial charge >= 0.3 is 0 Å². The van der Waals surface area contributed by atoms with E-state index in [4.69, 9.17) is 0 Å². The van der Waals surface area contributed by atoms with Crippen molar-refractivity contribution in [2.45, 2.75) is 18.9 Å². The summed E-state index contributed by atoms with van der Waals surface area (Å²) in [6.07, 6.45) is 2.20. The highest BCUT2D eigenvalue weighted by Crippen LogP contribution is 2.45. The Morgan fingerprint density at radius 3 is 2.60 bits per heavy atom. The second-order valence-electron chi connectivity index (χ2n) is 4.37. The molecule has 2 atom stereocenters. The van der Waals surface area contributed by atoms with Crippen LogP contribution in [0.1, 0.15) is 30.0 Å². The Balaban J connectivity index is 2.28. The van der Waals surface area contributed by atoms with Gasteiger partial charge in [0.05, 0.1) is 12.0 Å². The molecule has 1 aromatic rings. The molecule has 0 aromatic heterocycles. The molecule has 2 aliphatic heterocycles. The lowest BCUT2D eigenvalue weighted by atomic mass is 9.75. The number of carbonyl (C=O) groups excluding carboxylic acids is 1. The molecule has 4 rings (SSSR count). The maximum absolute atomic E-state index is 12.0. The van der Waals surface area contributed by atoms with Gasteiger partial charge < -0.3 is 4.90 Å². The van der Waals surface area contributed by atoms with Gasteiger partial charge in [-0.05, 0) is 18.1 Å². The Hall–Kier alpha value is -1.57. The van der Waals surface area contributed by atoms with E-state index in [9.17, 15) is 4.79 Å². The van der Waals surface area contributed by atoms with Crippen LogP contribution in [0, 0.1) is 0 Å². The summed E-state index contributed by atoms with van der Waals surface area (Å²) in [5.74, 6) is 0.204. The van der Waals surface area contributed by atoms with Crippen LogP contribution in [-0.4, -0.2) is 17.9 Å². The van der Waals surface area contributed by atoms with E-state index in [-0.39, 0.29) is 17.9 Å². The number of fused-ring (bicyclic) bond motifs is 1. The predicted molar refractivity (Wildman–Crippen MR) is 58.5 cm³/mol. The van der Waals surface area contributed by atoms with Gasteiger partial charge in [0.2, 0.25) is 5.91 Å². The van der Waals surface area contributed by atoms with Crippen LogP contribution < -0.4 is 0 Å². The minimum atomic E-state index is -0.0313. The van der Waals surface area contributed by atoms with Gasteiger partial charge in [0.25, 0.3) is 0 Å². The van der Waals surface area contributed by atoms with Crippen LogP contribution in [0.2, 0.25) is 0 Å². The van der Waals surface area contributed by atoms with E-state index >= 15 is 0 Å². The quantitative estimate of drug-likeness (QED) is 0.587. The first-order chi connectivity index (χ1) is 7.20. The summed E-state index contributed by atoms with van der Waals surface area (Å²) in [5, 5.41) is 0. The average molecular weight is 199 g/mol. The fourth-order valence-corrected chi connectivity index (χ4v) is 2.71. The monoisotopic (exact) mass is 199 g/mol. The lowest BCUT2D eigenvalue weighted by molar-refractivity contribution is -0.133. The zero-order valence-corrected chi connectivity index (χ0v) is 8.90. The normalized spacial score (nSPS) is 27.7. The molecule has 3 aliphatic rings. The van der Waals surface area contributed by atoms with Crippen molar-refractivity contribution in [3.8, 4) is 0 Å². The standard InChI is InChI=1S/C13H13NO/c1-8-7-11-9-5-3-4-6-10(9)12(8)13(15)14(11)2/h3-7,11-12H,1-2H3/t11-,12+/m0/s1. The molecule has 0 unspecified atom stereocenters. The Morgan fingerprint density at radius 1 is 1.20 bits per heavy atom. The van der Waals surface area contributed by atoms with Crippen molar-refractivity contribution in [3.63, 3.8) is 0 Å². The third-order valence-corrected chi connectivity index (χ3v) is 3.51. The van der Waals surface area contributed by atoms with Crippen LogP contribution in [0.15, 0.2) is 35.9 Å². The molecular weight excluding hydrogens is 186 g/mol. The number of nitrogens with zero attached hydrogens (tertiary/aromatic N) is 1. The first-order valence-corrected chi connectivity index (χ1v) is 5.24. The first kappa shape index (κ1) is 8.72. The van der Waals surface area contributed by atoms with Gasteiger partial charge in [0.1, 0.15) is 0 Å². The Morgan fingerprint density at radius 2 is 1.87 bits per heavy atom. The van der Waals surface area contributed by atoms with Crippen LogP contribution in [-0.2, 0) is 4.79 Å². The summed E-state index contributed by atoms with van der Waals surface area (Å²) in [6, 6.07) is 8.41. The van der Waals surface area contributed by atoms with Crippen LogP contribution in [0.4, 0.5) is 0 Å². The molecule has 0 saturated heterocycles. The number of rotatable bonds is 0. The molecule has 0 radical (unpaired) electrons. The first-order valence-electron chi connectivity index (χ1n) is 5.24. The minimum Gasteiger partial charge on any atom is -0.334 e. The number of benzene rings is 1. The third-order valence-electron chi connectivity index (χ3n) is 3.51. The average Bonchev–Trinajstić information content (AvgIpc) is 2.24. The fraction of sp³-hybridized carbons (Fsp3) is 0.308. The van der Waals surface area contributed by atoms with Crippen LogP contribution in [0.25, 0.3) is 0 Å². The van der Waals surface area contributed by atoms with Crippen molar-refractivity contribution in [1.82, 2.24) is 4.90 Å². The third kappa shape index (κ3) is 0.965. The SMILES string of the molecule is CC1=C[C@H]2c3ccccc3[C@@H]1C(=O)N2C. The summed E-state index contributed by atoms with van der Waals surface area (Å²) in [7, 11) is 1.89. The number of carbonyl (C=O) groups is 1. The number of amides is 1. The second kappa shape index (κ2) is 2.72. The lowest BCUT2D eigenvalue weighted by Crippen LogP contribution is -2.43. The number of likely N-dealkylation sites (N-methyl/N-ethyl adjacent to an activating group) is 1. The van der Waals surface area contributed by atoms with Crippen molar-refractivity contribution < 1.29 is 4.79 Å². The predicted octanol–water partition coefficient (Wildman–Crippen LogP) is 2.24. The van der Waals surface area contributed by atoms with E-state index in [1.54, 1.807) is 0 Å². The summed E-state index contributed by atoms with van der Waals surface area (Å²) >= 11 is 0. The van der Waals surface area contributed by atoms with Crippen molar-refractivity contribution in [3.05, 3.63) is 47.0 Å². The van der Waals surface area contributed by atoms with Gasteiger partial charge in [-0.15, -0.1) is 0 Å². The fourth-order valence-electron chi connectivity index (χ4n) is 2.71. The molecule has 0 saturated carbocycles. The highest BCUT2D eigenvalue weighted by Gasteiger charge is 2.41. The molecule has 0 fully saturated rings. The summed E-state index contributed by atoms with van der Waals surface area (Å²) < 4.78 is 0. The number of hydrogen-bond acceptors (Lipinski definition) is 1.